The molecule has 0 fully saturated rings. The summed E-state index contributed by atoms with van der Waals surface area (Å²) < 4.78 is 1.13. The third kappa shape index (κ3) is 3.43. The number of carbonyl (C=O) groups is 1. The van der Waals surface area contributed by atoms with Gasteiger partial charge in [-0.15, -0.1) is 22.7 Å². The zero-order valence-electron chi connectivity index (χ0n) is 12.1. The van der Waals surface area contributed by atoms with E-state index in [0.29, 0.717) is 6.42 Å². The van der Waals surface area contributed by atoms with Gasteiger partial charge in [-0.3, -0.25) is 4.79 Å². The lowest BCUT2D eigenvalue weighted by Gasteiger charge is -2.01. The molecule has 0 bridgehead atoms. The normalized spacial score (nSPS) is 12.0. The summed E-state index contributed by atoms with van der Waals surface area (Å²) in [6, 6.07) is 12.1. The van der Waals surface area contributed by atoms with Crippen LogP contribution >= 0.6 is 22.7 Å². The van der Waals surface area contributed by atoms with Crippen LogP contribution in [-0.4, -0.2) is 16.1 Å². The second-order valence-electron chi connectivity index (χ2n) is 5.00. The molecule has 0 aliphatic heterocycles. The fourth-order valence-electron chi connectivity index (χ4n) is 2.19. The topological polar surface area (TPSA) is 50.2 Å². The molecule has 2 heterocycles. The minimum atomic E-state index is -0.783. The van der Waals surface area contributed by atoms with Crippen LogP contribution in [0.15, 0.2) is 36.4 Å². The molecule has 0 atom stereocenters. The molecule has 0 spiro atoms. The van der Waals surface area contributed by atoms with E-state index in [1.54, 1.807) is 22.7 Å². The Hall–Kier alpha value is -1.98. The van der Waals surface area contributed by atoms with Crippen molar-refractivity contribution in [1.29, 1.82) is 0 Å². The molecule has 112 valence electrons. The molecule has 1 aromatic carbocycles. The quantitative estimate of drug-likeness (QED) is 0.711. The Morgan fingerprint density at radius 3 is 2.68 bits per heavy atom. The highest BCUT2D eigenvalue weighted by Crippen LogP contribution is 2.32. The number of carboxylic acids is 1. The third-order valence-corrected chi connectivity index (χ3v) is 5.31. The number of aryl methyl sites for hydroxylation is 1. The van der Waals surface area contributed by atoms with Crippen LogP contribution in [0.4, 0.5) is 0 Å². The van der Waals surface area contributed by atoms with Crippen molar-refractivity contribution >= 4 is 50.5 Å². The van der Waals surface area contributed by atoms with E-state index in [1.807, 2.05) is 24.3 Å². The van der Waals surface area contributed by atoms with Gasteiger partial charge in [-0.25, -0.2) is 4.98 Å². The highest BCUT2D eigenvalue weighted by Gasteiger charge is 2.11. The Morgan fingerprint density at radius 2 is 2.00 bits per heavy atom. The second kappa shape index (κ2) is 6.42. The average molecular weight is 329 g/mol. The SMILES string of the molecule is Cc1ccc(C=C(CCC(=O)O)c2nc3ccccc3s2)s1. The molecular formula is C17H15NO2S2. The predicted octanol–water partition coefficient (Wildman–Crippen LogP) is 5.07. The molecule has 5 heteroatoms. The first-order valence-corrected chi connectivity index (χ1v) is 8.60. The van der Waals surface area contributed by atoms with Crippen LogP contribution in [-0.2, 0) is 4.79 Å². The number of hydrogen-bond donors (Lipinski definition) is 1. The summed E-state index contributed by atoms with van der Waals surface area (Å²) in [6.45, 7) is 2.07. The largest absolute Gasteiger partial charge is 0.481 e. The van der Waals surface area contributed by atoms with Gasteiger partial charge >= 0.3 is 5.97 Å². The first-order valence-electron chi connectivity index (χ1n) is 6.96. The van der Waals surface area contributed by atoms with Crippen molar-refractivity contribution in [3.05, 3.63) is 51.2 Å². The molecule has 0 amide bonds. The van der Waals surface area contributed by atoms with E-state index < -0.39 is 5.97 Å². The molecule has 0 aliphatic carbocycles. The molecule has 22 heavy (non-hydrogen) atoms. The number of nitrogens with zero attached hydrogens (tertiary/aromatic N) is 1. The van der Waals surface area contributed by atoms with Crippen LogP contribution in [0.3, 0.4) is 0 Å². The number of benzene rings is 1. The van der Waals surface area contributed by atoms with Crippen molar-refractivity contribution in [2.24, 2.45) is 0 Å². The van der Waals surface area contributed by atoms with Crippen molar-refractivity contribution < 1.29 is 9.90 Å². The minimum absolute atomic E-state index is 0.117. The monoisotopic (exact) mass is 329 g/mol. The van der Waals surface area contributed by atoms with Gasteiger partial charge in [0.1, 0.15) is 5.01 Å². The molecule has 3 nitrogen and oxygen atoms in total. The molecule has 0 saturated heterocycles. The summed E-state index contributed by atoms with van der Waals surface area (Å²) in [7, 11) is 0. The predicted molar refractivity (Wildman–Crippen MR) is 93.4 cm³/mol. The van der Waals surface area contributed by atoms with Crippen molar-refractivity contribution in [2.75, 3.05) is 0 Å². The highest BCUT2D eigenvalue weighted by molar-refractivity contribution is 7.19. The zero-order chi connectivity index (χ0) is 15.5. The van der Waals surface area contributed by atoms with E-state index in [-0.39, 0.29) is 6.42 Å². The van der Waals surface area contributed by atoms with Gasteiger partial charge in [0, 0.05) is 16.2 Å². The van der Waals surface area contributed by atoms with E-state index in [9.17, 15) is 4.79 Å². The minimum Gasteiger partial charge on any atom is -0.481 e. The van der Waals surface area contributed by atoms with Crippen LogP contribution in [0.25, 0.3) is 21.9 Å². The van der Waals surface area contributed by atoms with Crippen molar-refractivity contribution in [2.45, 2.75) is 19.8 Å². The van der Waals surface area contributed by atoms with E-state index in [2.05, 4.69) is 30.1 Å². The second-order valence-corrected chi connectivity index (χ2v) is 7.35. The fraction of sp³-hybridized carbons (Fsp3) is 0.176. The smallest absolute Gasteiger partial charge is 0.303 e. The highest BCUT2D eigenvalue weighted by atomic mass is 32.1. The molecule has 0 unspecified atom stereocenters. The van der Waals surface area contributed by atoms with Gasteiger partial charge in [-0.1, -0.05) is 12.1 Å². The number of para-hydroxylation sites is 1. The Morgan fingerprint density at radius 1 is 1.18 bits per heavy atom. The maximum atomic E-state index is 10.9. The van der Waals surface area contributed by atoms with E-state index in [4.69, 9.17) is 5.11 Å². The number of hydrogen-bond acceptors (Lipinski definition) is 4. The Balaban J connectivity index is 1.99. The van der Waals surface area contributed by atoms with Gasteiger partial charge in [0.05, 0.1) is 10.2 Å². The van der Waals surface area contributed by atoms with Gasteiger partial charge in [0.25, 0.3) is 0 Å². The average Bonchev–Trinajstić information content (AvgIpc) is 3.09. The molecule has 0 aliphatic rings. The Bertz CT molecular complexity index is 812. The standard InChI is InChI=1S/C17H15NO2S2/c1-11-6-8-13(21-11)10-12(7-9-16(19)20)17-18-14-4-2-3-5-15(14)22-17/h2-6,8,10H,7,9H2,1H3,(H,19,20). The summed E-state index contributed by atoms with van der Waals surface area (Å²) in [4.78, 5) is 18.0. The number of aliphatic carboxylic acids is 1. The molecule has 3 aromatic rings. The number of carboxylic acid groups (broad SMARTS) is 1. The summed E-state index contributed by atoms with van der Waals surface area (Å²) in [6.07, 6.45) is 2.68. The molecule has 0 radical (unpaired) electrons. The van der Waals surface area contributed by atoms with Crippen molar-refractivity contribution in [3.8, 4) is 0 Å². The molecule has 1 N–H and O–H groups in total. The van der Waals surface area contributed by atoms with Gasteiger partial charge in [-0.05, 0) is 49.3 Å². The number of thiophene rings is 1. The summed E-state index contributed by atoms with van der Waals surface area (Å²) >= 11 is 3.32. The van der Waals surface area contributed by atoms with Crippen molar-refractivity contribution in [1.82, 2.24) is 4.98 Å². The first kappa shape index (κ1) is 14.9. The number of aromatic nitrogens is 1. The van der Waals surface area contributed by atoms with Gasteiger partial charge in [-0.2, -0.15) is 0 Å². The zero-order valence-corrected chi connectivity index (χ0v) is 13.7. The number of thiazole rings is 1. The number of allylic oxidation sites excluding steroid dienone is 1. The molecular weight excluding hydrogens is 314 g/mol. The fourth-order valence-corrected chi connectivity index (χ4v) is 4.05. The van der Waals surface area contributed by atoms with Gasteiger partial charge in [0.15, 0.2) is 0 Å². The maximum Gasteiger partial charge on any atom is 0.303 e. The number of fused-ring (bicyclic) bond motifs is 1. The third-order valence-electron chi connectivity index (χ3n) is 3.25. The van der Waals surface area contributed by atoms with Crippen LogP contribution in [0.1, 0.15) is 27.6 Å². The van der Waals surface area contributed by atoms with E-state index in [0.717, 1.165) is 25.7 Å². The van der Waals surface area contributed by atoms with E-state index >= 15 is 0 Å². The van der Waals surface area contributed by atoms with E-state index in [1.165, 1.54) is 4.88 Å². The lowest BCUT2D eigenvalue weighted by Crippen LogP contribution is -1.95. The van der Waals surface area contributed by atoms with Crippen molar-refractivity contribution in [3.63, 3.8) is 0 Å². The summed E-state index contributed by atoms with van der Waals surface area (Å²) in [5.74, 6) is -0.783. The maximum absolute atomic E-state index is 10.9. The lowest BCUT2D eigenvalue weighted by molar-refractivity contribution is -0.136. The Labute approximate surface area is 136 Å². The van der Waals surface area contributed by atoms with Crippen LogP contribution in [0.2, 0.25) is 0 Å². The number of rotatable bonds is 5. The van der Waals surface area contributed by atoms with Crippen LogP contribution in [0, 0.1) is 6.92 Å². The molecule has 3 rings (SSSR count). The van der Waals surface area contributed by atoms with Crippen LogP contribution in [0.5, 0.6) is 0 Å². The summed E-state index contributed by atoms with van der Waals surface area (Å²) in [5, 5.41) is 9.89. The lowest BCUT2D eigenvalue weighted by atomic mass is 10.1. The Kier molecular flexibility index (Phi) is 4.36. The first-order chi connectivity index (χ1) is 10.6. The molecule has 2 aromatic heterocycles. The summed E-state index contributed by atoms with van der Waals surface area (Å²) in [5.41, 5.74) is 1.96. The van der Waals surface area contributed by atoms with Gasteiger partial charge in [0.2, 0.25) is 0 Å². The van der Waals surface area contributed by atoms with Gasteiger partial charge < -0.3 is 5.11 Å². The van der Waals surface area contributed by atoms with Crippen LogP contribution < -0.4 is 0 Å². The molecule has 0 saturated carbocycles.